The minimum Gasteiger partial charge on any atom is -0.377 e. The molecule has 1 aliphatic rings. The van der Waals surface area contributed by atoms with Crippen LogP contribution in [0.4, 0.5) is 0 Å². The standard InChI is InChI=1S/C13H28N2O/c1-11(2)16-8-7-15-6-5-13(4)14-9-12(3)10-15/h11-14H,5-10H2,1-4H3. The molecule has 0 saturated carbocycles. The van der Waals surface area contributed by atoms with Crippen LogP contribution in [0.15, 0.2) is 0 Å². The first-order valence-corrected chi connectivity index (χ1v) is 6.65. The highest BCUT2D eigenvalue weighted by Gasteiger charge is 2.15. The van der Waals surface area contributed by atoms with Crippen LogP contribution < -0.4 is 5.32 Å². The summed E-state index contributed by atoms with van der Waals surface area (Å²) in [7, 11) is 0. The Morgan fingerprint density at radius 2 is 2.12 bits per heavy atom. The van der Waals surface area contributed by atoms with Gasteiger partial charge in [0.25, 0.3) is 0 Å². The number of hydrogen-bond donors (Lipinski definition) is 1. The van der Waals surface area contributed by atoms with E-state index >= 15 is 0 Å². The zero-order chi connectivity index (χ0) is 12.0. The monoisotopic (exact) mass is 228 g/mol. The molecule has 3 heteroatoms. The number of rotatable bonds is 4. The molecule has 3 nitrogen and oxygen atoms in total. The average Bonchev–Trinajstić information content (AvgIpc) is 2.20. The Kier molecular flexibility index (Phi) is 6.32. The maximum Gasteiger partial charge on any atom is 0.0596 e. The van der Waals surface area contributed by atoms with E-state index in [0.29, 0.717) is 12.1 Å². The topological polar surface area (TPSA) is 24.5 Å². The summed E-state index contributed by atoms with van der Waals surface area (Å²) >= 11 is 0. The molecular formula is C13H28N2O. The first-order chi connectivity index (χ1) is 7.58. The van der Waals surface area contributed by atoms with Gasteiger partial charge in [0, 0.05) is 19.1 Å². The summed E-state index contributed by atoms with van der Waals surface area (Å²) in [6.07, 6.45) is 1.60. The zero-order valence-corrected chi connectivity index (χ0v) is 11.3. The van der Waals surface area contributed by atoms with Crippen LogP contribution in [0, 0.1) is 5.92 Å². The molecule has 2 unspecified atom stereocenters. The molecule has 0 spiro atoms. The quantitative estimate of drug-likeness (QED) is 0.793. The van der Waals surface area contributed by atoms with E-state index in [9.17, 15) is 0 Å². The second-order valence-corrected chi connectivity index (χ2v) is 5.42. The fourth-order valence-corrected chi connectivity index (χ4v) is 2.10. The van der Waals surface area contributed by atoms with Crippen molar-refractivity contribution in [1.29, 1.82) is 0 Å². The highest BCUT2D eigenvalue weighted by molar-refractivity contribution is 4.73. The van der Waals surface area contributed by atoms with Crippen molar-refractivity contribution in [2.24, 2.45) is 5.92 Å². The summed E-state index contributed by atoms with van der Waals surface area (Å²) in [5.74, 6) is 0.738. The van der Waals surface area contributed by atoms with Gasteiger partial charge in [-0.3, -0.25) is 0 Å². The summed E-state index contributed by atoms with van der Waals surface area (Å²) in [4.78, 5) is 2.55. The summed E-state index contributed by atoms with van der Waals surface area (Å²) < 4.78 is 5.62. The van der Waals surface area contributed by atoms with Crippen molar-refractivity contribution < 1.29 is 4.74 Å². The van der Waals surface area contributed by atoms with Gasteiger partial charge in [-0.2, -0.15) is 0 Å². The van der Waals surface area contributed by atoms with Crippen molar-refractivity contribution in [3.8, 4) is 0 Å². The molecule has 1 fully saturated rings. The van der Waals surface area contributed by atoms with E-state index in [4.69, 9.17) is 4.74 Å². The average molecular weight is 228 g/mol. The van der Waals surface area contributed by atoms with E-state index in [0.717, 1.165) is 25.6 Å². The van der Waals surface area contributed by atoms with Crippen LogP contribution in [0.3, 0.4) is 0 Å². The van der Waals surface area contributed by atoms with E-state index in [1.54, 1.807) is 0 Å². The Morgan fingerprint density at radius 1 is 1.38 bits per heavy atom. The van der Waals surface area contributed by atoms with Crippen molar-refractivity contribution in [3.05, 3.63) is 0 Å². The van der Waals surface area contributed by atoms with Crippen molar-refractivity contribution in [2.75, 3.05) is 32.8 Å². The lowest BCUT2D eigenvalue weighted by molar-refractivity contribution is 0.0535. The summed E-state index contributed by atoms with van der Waals surface area (Å²) in [6.45, 7) is 14.3. The van der Waals surface area contributed by atoms with Crippen molar-refractivity contribution >= 4 is 0 Å². The van der Waals surface area contributed by atoms with E-state index in [2.05, 4.69) is 37.9 Å². The maximum atomic E-state index is 5.62. The van der Waals surface area contributed by atoms with Crippen molar-refractivity contribution in [2.45, 2.75) is 46.3 Å². The first kappa shape index (κ1) is 13.9. The van der Waals surface area contributed by atoms with E-state index in [1.165, 1.54) is 19.5 Å². The summed E-state index contributed by atoms with van der Waals surface area (Å²) in [5.41, 5.74) is 0. The van der Waals surface area contributed by atoms with Gasteiger partial charge < -0.3 is 15.0 Å². The highest BCUT2D eigenvalue weighted by atomic mass is 16.5. The third-order valence-corrected chi connectivity index (χ3v) is 3.12. The zero-order valence-electron chi connectivity index (χ0n) is 11.3. The van der Waals surface area contributed by atoms with Gasteiger partial charge in [-0.25, -0.2) is 0 Å². The Labute approximate surface area is 101 Å². The molecule has 0 aromatic rings. The second-order valence-electron chi connectivity index (χ2n) is 5.42. The molecule has 0 amide bonds. The van der Waals surface area contributed by atoms with E-state index in [-0.39, 0.29) is 0 Å². The normalized spacial score (nSPS) is 29.1. The predicted molar refractivity (Wildman–Crippen MR) is 68.8 cm³/mol. The van der Waals surface area contributed by atoms with Crippen LogP contribution in [0.2, 0.25) is 0 Å². The molecule has 1 N–H and O–H groups in total. The summed E-state index contributed by atoms with van der Waals surface area (Å²) in [6, 6.07) is 0.649. The minimum atomic E-state index is 0.354. The van der Waals surface area contributed by atoms with Crippen LogP contribution in [0.25, 0.3) is 0 Å². The molecule has 0 aromatic carbocycles. The molecule has 96 valence electrons. The third kappa shape index (κ3) is 5.83. The van der Waals surface area contributed by atoms with E-state index < -0.39 is 0 Å². The van der Waals surface area contributed by atoms with Crippen LogP contribution in [0.1, 0.15) is 34.1 Å². The summed E-state index contributed by atoms with van der Waals surface area (Å²) in [5, 5.41) is 3.57. The largest absolute Gasteiger partial charge is 0.377 e. The maximum absolute atomic E-state index is 5.62. The Hall–Kier alpha value is -0.120. The Bertz CT molecular complexity index is 185. The number of nitrogens with one attached hydrogen (secondary N) is 1. The lowest BCUT2D eigenvalue weighted by Gasteiger charge is -2.31. The molecule has 2 atom stereocenters. The molecule has 1 saturated heterocycles. The lowest BCUT2D eigenvalue weighted by Crippen LogP contribution is -2.43. The van der Waals surface area contributed by atoms with Gasteiger partial charge in [0.1, 0.15) is 0 Å². The molecule has 1 aliphatic heterocycles. The first-order valence-electron chi connectivity index (χ1n) is 6.65. The molecule has 16 heavy (non-hydrogen) atoms. The lowest BCUT2D eigenvalue weighted by atomic mass is 10.1. The number of hydrogen-bond acceptors (Lipinski definition) is 3. The smallest absolute Gasteiger partial charge is 0.0596 e. The fourth-order valence-electron chi connectivity index (χ4n) is 2.10. The highest BCUT2D eigenvalue weighted by Crippen LogP contribution is 2.06. The molecule has 0 aliphatic carbocycles. The van der Waals surface area contributed by atoms with Crippen LogP contribution in [-0.2, 0) is 4.74 Å². The second kappa shape index (κ2) is 7.25. The van der Waals surface area contributed by atoms with Gasteiger partial charge in [-0.15, -0.1) is 0 Å². The van der Waals surface area contributed by atoms with Crippen LogP contribution in [0.5, 0.6) is 0 Å². The van der Waals surface area contributed by atoms with Gasteiger partial charge >= 0.3 is 0 Å². The number of ether oxygens (including phenoxy) is 1. The van der Waals surface area contributed by atoms with Gasteiger partial charge in [0.2, 0.25) is 0 Å². The van der Waals surface area contributed by atoms with Gasteiger partial charge in [0.05, 0.1) is 12.7 Å². The molecule has 0 radical (unpaired) electrons. The Morgan fingerprint density at radius 3 is 2.81 bits per heavy atom. The third-order valence-electron chi connectivity index (χ3n) is 3.12. The van der Waals surface area contributed by atoms with Crippen molar-refractivity contribution in [3.63, 3.8) is 0 Å². The molecule has 0 bridgehead atoms. The van der Waals surface area contributed by atoms with Gasteiger partial charge in [0.15, 0.2) is 0 Å². The minimum absolute atomic E-state index is 0.354. The number of nitrogens with zero attached hydrogens (tertiary/aromatic N) is 1. The molecule has 1 rings (SSSR count). The Balaban J connectivity index is 2.26. The van der Waals surface area contributed by atoms with Crippen LogP contribution >= 0.6 is 0 Å². The molecule has 1 heterocycles. The predicted octanol–water partition coefficient (Wildman–Crippen LogP) is 1.73. The molecular weight excluding hydrogens is 200 g/mol. The van der Waals surface area contributed by atoms with Crippen LogP contribution in [-0.4, -0.2) is 49.8 Å². The fraction of sp³-hybridized carbons (Fsp3) is 1.00. The SMILES string of the molecule is CC1CNC(C)CCN(CCOC(C)C)C1. The van der Waals surface area contributed by atoms with Gasteiger partial charge in [-0.05, 0) is 46.2 Å². The van der Waals surface area contributed by atoms with E-state index in [1.807, 2.05) is 0 Å². The van der Waals surface area contributed by atoms with Gasteiger partial charge in [-0.1, -0.05) is 6.92 Å². The van der Waals surface area contributed by atoms with Crippen molar-refractivity contribution in [1.82, 2.24) is 10.2 Å². The molecule has 0 aromatic heterocycles.